The van der Waals surface area contributed by atoms with Crippen LogP contribution >= 0.6 is 0 Å². The molecule has 31 heavy (non-hydrogen) atoms. The lowest BCUT2D eigenvalue weighted by atomic mass is 10.2. The van der Waals surface area contributed by atoms with Gasteiger partial charge < -0.3 is 15.1 Å². The number of carbonyl (C=O) groups excluding carboxylic acids is 1. The first-order valence-electron chi connectivity index (χ1n) is 10.3. The van der Waals surface area contributed by atoms with Gasteiger partial charge in [0.25, 0.3) is 0 Å². The molecule has 9 heteroatoms. The first-order chi connectivity index (χ1) is 14.7. The number of nitrogens with zero attached hydrogens (tertiary/aromatic N) is 3. The summed E-state index contributed by atoms with van der Waals surface area (Å²) in [6, 6.07) is 13.4. The van der Waals surface area contributed by atoms with Gasteiger partial charge in [0.15, 0.2) is 0 Å². The zero-order chi connectivity index (χ0) is 22.4. The Bertz CT molecular complexity index is 990. The highest BCUT2D eigenvalue weighted by Crippen LogP contribution is 2.22. The number of sulfonamides is 1. The molecule has 0 radical (unpaired) electrons. The standard InChI is InChI=1S/C22H29FN4O3S/c1-25-14-16-26(17-15-25)19-11-9-18(10-12-19)24-22(28)8-5-13-27(31(2,29)30)21-7-4-3-6-20(21)23/h3-4,6-7,9-12H,5,8,13-17H2,1-2H3,(H,24,28). The maximum atomic E-state index is 14.0. The Kier molecular flexibility index (Phi) is 7.50. The topological polar surface area (TPSA) is 73.0 Å². The van der Waals surface area contributed by atoms with Gasteiger partial charge in [-0.25, -0.2) is 12.8 Å². The van der Waals surface area contributed by atoms with E-state index in [-0.39, 0.29) is 31.0 Å². The van der Waals surface area contributed by atoms with Gasteiger partial charge in [-0.1, -0.05) is 12.1 Å². The van der Waals surface area contributed by atoms with Crippen LogP contribution in [0.1, 0.15) is 12.8 Å². The Labute approximate surface area is 183 Å². The van der Waals surface area contributed by atoms with Gasteiger partial charge in [0.2, 0.25) is 15.9 Å². The van der Waals surface area contributed by atoms with Gasteiger partial charge in [0.05, 0.1) is 11.9 Å². The molecular formula is C22H29FN4O3S. The molecular weight excluding hydrogens is 419 g/mol. The van der Waals surface area contributed by atoms with Crippen molar-refractivity contribution in [2.75, 3.05) is 60.5 Å². The molecule has 0 spiro atoms. The Morgan fingerprint density at radius 3 is 2.32 bits per heavy atom. The fourth-order valence-electron chi connectivity index (χ4n) is 3.55. The number of hydrogen-bond donors (Lipinski definition) is 1. The Hall–Kier alpha value is -2.65. The molecule has 2 aromatic rings. The molecule has 1 fully saturated rings. The van der Waals surface area contributed by atoms with E-state index in [2.05, 4.69) is 22.2 Å². The number of halogens is 1. The number of rotatable bonds is 8. The molecule has 0 atom stereocenters. The van der Waals surface area contributed by atoms with Crippen LogP contribution in [0.25, 0.3) is 0 Å². The molecule has 3 rings (SSSR count). The van der Waals surface area contributed by atoms with Crippen molar-refractivity contribution in [1.82, 2.24) is 4.90 Å². The quantitative estimate of drug-likeness (QED) is 0.672. The van der Waals surface area contributed by atoms with Gasteiger partial charge in [-0.15, -0.1) is 0 Å². The maximum Gasteiger partial charge on any atom is 0.232 e. The number of anilines is 3. The molecule has 1 heterocycles. The second kappa shape index (κ2) is 10.1. The van der Waals surface area contributed by atoms with Crippen molar-refractivity contribution in [3.8, 4) is 0 Å². The second-order valence-corrected chi connectivity index (χ2v) is 9.68. The maximum absolute atomic E-state index is 14.0. The number of hydrogen-bond acceptors (Lipinski definition) is 5. The average molecular weight is 449 g/mol. The SMILES string of the molecule is CN1CCN(c2ccc(NC(=O)CCCN(c3ccccc3F)S(C)(=O)=O)cc2)CC1. The minimum Gasteiger partial charge on any atom is -0.369 e. The number of amides is 1. The normalized spacial score (nSPS) is 15.0. The molecule has 168 valence electrons. The third-order valence-corrected chi connectivity index (χ3v) is 6.49. The highest BCUT2D eigenvalue weighted by Gasteiger charge is 2.20. The van der Waals surface area contributed by atoms with Gasteiger partial charge in [0, 0.05) is 50.5 Å². The fourth-order valence-corrected chi connectivity index (χ4v) is 4.51. The summed E-state index contributed by atoms with van der Waals surface area (Å²) in [5.41, 5.74) is 1.81. The number of nitrogens with one attached hydrogen (secondary N) is 1. The van der Waals surface area contributed by atoms with Crippen LogP contribution in [0.4, 0.5) is 21.5 Å². The van der Waals surface area contributed by atoms with Gasteiger partial charge in [0.1, 0.15) is 5.82 Å². The van der Waals surface area contributed by atoms with E-state index < -0.39 is 15.8 Å². The lowest BCUT2D eigenvalue weighted by Gasteiger charge is -2.34. The van der Waals surface area contributed by atoms with Crippen LogP contribution in [-0.2, 0) is 14.8 Å². The second-order valence-electron chi connectivity index (χ2n) is 7.78. The van der Waals surface area contributed by atoms with Gasteiger partial charge >= 0.3 is 0 Å². The molecule has 0 saturated carbocycles. The summed E-state index contributed by atoms with van der Waals surface area (Å²) in [5, 5.41) is 2.84. The van der Waals surface area contributed by atoms with Crippen LogP contribution in [0.3, 0.4) is 0 Å². The first-order valence-corrected chi connectivity index (χ1v) is 12.1. The number of benzene rings is 2. The van der Waals surface area contributed by atoms with Crippen molar-refractivity contribution in [3.05, 3.63) is 54.3 Å². The molecule has 0 bridgehead atoms. The van der Waals surface area contributed by atoms with Crippen molar-refractivity contribution in [2.45, 2.75) is 12.8 Å². The van der Waals surface area contributed by atoms with Crippen LogP contribution in [0.5, 0.6) is 0 Å². The molecule has 0 unspecified atom stereocenters. The molecule has 1 aliphatic heterocycles. The predicted octanol–water partition coefficient (Wildman–Crippen LogP) is 2.76. The largest absolute Gasteiger partial charge is 0.369 e. The van der Waals surface area contributed by atoms with Gasteiger partial charge in [-0.3, -0.25) is 9.10 Å². The lowest BCUT2D eigenvalue weighted by molar-refractivity contribution is -0.116. The van der Waals surface area contributed by atoms with Crippen LogP contribution in [0.15, 0.2) is 48.5 Å². The molecule has 0 aromatic heterocycles. The van der Waals surface area contributed by atoms with E-state index in [1.807, 2.05) is 24.3 Å². The number of piperazine rings is 1. The molecule has 2 aromatic carbocycles. The Balaban J connectivity index is 1.52. The summed E-state index contributed by atoms with van der Waals surface area (Å²) in [4.78, 5) is 16.9. The van der Waals surface area contributed by atoms with E-state index in [1.54, 1.807) is 6.07 Å². The van der Waals surface area contributed by atoms with Gasteiger partial charge in [-0.2, -0.15) is 0 Å². The molecule has 7 nitrogen and oxygen atoms in total. The minimum atomic E-state index is -3.66. The molecule has 1 amide bonds. The molecule has 1 aliphatic rings. The van der Waals surface area contributed by atoms with Crippen molar-refractivity contribution in [3.63, 3.8) is 0 Å². The van der Waals surface area contributed by atoms with Crippen molar-refractivity contribution < 1.29 is 17.6 Å². The van der Waals surface area contributed by atoms with Crippen molar-refractivity contribution in [2.24, 2.45) is 0 Å². The molecule has 1 N–H and O–H groups in total. The van der Waals surface area contributed by atoms with E-state index in [9.17, 15) is 17.6 Å². The summed E-state index contributed by atoms with van der Waals surface area (Å²) < 4.78 is 39.2. The summed E-state index contributed by atoms with van der Waals surface area (Å²) in [5.74, 6) is -0.827. The van der Waals surface area contributed by atoms with Crippen molar-refractivity contribution >= 4 is 33.0 Å². The van der Waals surface area contributed by atoms with E-state index in [0.717, 1.165) is 42.4 Å². The highest BCUT2D eigenvalue weighted by atomic mass is 32.2. The highest BCUT2D eigenvalue weighted by molar-refractivity contribution is 7.92. The van der Waals surface area contributed by atoms with Crippen LogP contribution in [0, 0.1) is 5.82 Å². The summed E-state index contributed by atoms with van der Waals surface area (Å²) in [6.45, 7) is 4.02. The first kappa shape index (κ1) is 23.0. The lowest BCUT2D eigenvalue weighted by Crippen LogP contribution is -2.44. The predicted molar refractivity (Wildman–Crippen MR) is 123 cm³/mol. The molecule has 0 aliphatic carbocycles. The average Bonchev–Trinajstić information content (AvgIpc) is 2.72. The molecule has 1 saturated heterocycles. The Morgan fingerprint density at radius 2 is 1.71 bits per heavy atom. The Morgan fingerprint density at radius 1 is 1.06 bits per heavy atom. The summed E-state index contributed by atoms with van der Waals surface area (Å²) in [7, 11) is -1.55. The number of carbonyl (C=O) groups is 1. The number of para-hydroxylation sites is 1. The van der Waals surface area contributed by atoms with Crippen molar-refractivity contribution in [1.29, 1.82) is 0 Å². The zero-order valence-electron chi connectivity index (χ0n) is 17.9. The minimum absolute atomic E-state index is 0.00935. The van der Waals surface area contributed by atoms with E-state index in [0.29, 0.717) is 5.69 Å². The summed E-state index contributed by atoms with van der Waals surface area (Å²) in [6.07, 6.45) is 1.43. The van der Waals surface area contributed by atoms with E-state index in [1.165, 1.54) is 18.2 Å². The zero-order valence-corrected chi connectivity index (χ0v) is 18.7. The monoisotopic (exact) mass is 448 g/mol. The third-order valence-electron chi connectivity index (χ3n) is 5.31. The third kappa shape index (κ3) is 6.41. The number of likely N-dealkylation sites (N-methyl/N-ethyl adjacent to an activating group) is 1. The smallest absolute Gasteiger partial charge is 0.232 e. The summed E-state index contributed by atoms with van der Waals surface area (Å²) >= 11 is 0. The van der Waals surface area contributed by atoms with Crippen LogP contribution in [-0.4, -0.2) is 65.3 Å². The van der Waals surface area contributed by atoms with Gasteiger partial charge in [-0.05, 0) is 49.9 Å². The van der Waals surface area contributed by atoms with E-state index in [4.69, 9.17) is 0 Å². The van der Waals surface area contributed by atoms with Crippen LogP contribution in [0.2, 0.25) is 0 Å². The van der Waals surface area contributed by atoms with E-state index >= 15 is 0 Å². The van der Waals surface area contributed by atoms with Crippen LogP contribution < -0.4 is 14.5 Å². The fraction of sp³-hybridized carbons (Fsp3) is 0.409.